The van der Waals surface area contributed by atoms with Gasteiger partial charge < -0.3 is 0 Å². The van der Waals surface area contributed by atoms with Crippen molar-refractivity contribution < 1.29 is 1.37 Å². The molecule has 0 N–H and O–H groups in total. The van der Waals surface area contributed by atoms with Gasteiger partial charge in [-0.05, 0) is 22.9 Å². The van der Waals surface area contributed by atoms with Gasteiger partial charge in [-0.2, -0.15) is 0 Å². The molecule has 0 saturated heterocycles. The molecule has 0 saturated carbocycles. The molecule has 0 amide bonds. The number of thiophene rings is 3. The highest BCUT2D eigenvalue weighted by Crippen LogP contribution is 2.39. The molecule has 0 aliphatic heterocycles. The van der Waals surface area contributed by atoms with Crippen molar-refractivity contribution >= 4 is 52.8 Å². The molecule has 3 aromatic heterocycles. The molecule has 0 aliphatic rings. The lowest BCUT2D eigenvalue weighted by molar-refractivity contribution is 2.25. The van der Waals surface area contributed by atoms with Gasteiger partial charge in [0.05, 0.1) is 10.8 Å². The summed E-state index contributed by atoms with van der Waals surface area (Å²) in [4.78, 5) is 0. The first-order valence-corrected chi connectivity index (χ1v) is 5.77. The summed E-state index contributed by atoms with van der Waals surface area (Å²) in [6, 6.07) is 2.82. The van der Waals surface area contributed by atoms with Gasteiger partial charge in [0, 0.05) is 9.40 Å². The fourth-order valence-corrected chi connectivity index (χ4v) is 4.54. The number of hydrogen-bond donors (Lipinski definition) is 0. The maximum Gasteiger partial charge on any atom is 0.0647 e. The second kappa shape index (κ2) is 2.06. The van der Waals surface area contributed by atoms with Gasteiger partial charge in [0.1, 0.15) is 0 Å². The van der Waals surface area contributed by atoms with E-state index in [4.69, 9.17) is 1.37 Å². The molecule has 3 heterocycles. The van der Waals surface area contributed by atoms with Crippen LogP contribution in [0.2, 0.25) is 0 Å². The summed E-state index contributed by atoms with van der Waals surface area (Å²) in [6.07, 6.45) is 0. The third-order valence-electron chi connectivity index (χ3n) is 1.62. The first-order chi connectivity index (χ1) is 5.86. The molecule has 3 heteroatoms. The van der Waals surface area contributed by atoms with Crippen LogP contribution in [0.5, 0.6) is 0 Å². The fourth-order valence-electron chi connectivity index (χ4n) is 1.15. The highest BCUT2D eigenvalue weighted by Gasteiger charge is 2.05. The van der Waals surface area contributed by atoms with E-state index in [-0.39, 0.29) is 0 Å². The van der Waals surface area contributed by atoms with Gasteiger partial charge in [0.15, 0.2) is 0 Å². The van der Waals surface area contributed by atoms with Crippen LogP contribution >= 0.6 is 34.0 Å². The Hall–Kier alpha value is -0.380. The first kappa shape index (κ1) is 5.30. The van der Waals surface area contributed by atoms with Crippen molar-refractivity contribution in [2.75, 3.05) is 0 Å². The fraction of sp³-hybridized carbons (Fsp3) is 0. The molecule has 0 fully saturated rings. The Morgan fingerprint density at radius 1 is 1.09 bits per heavy atom. The molecule has 0 atom stereocenters. The van der Waals surface area contributed by atoms with E-state index in [2.05, 4.69) is 11.4 Å². The van der Waals surface area contributed by atoms with E-state index in [0.717, 1.165) is 4.70 Å². The molecule has 3 rings (SSSR count). The van der Waals surface area contributed by atoms with Crippen LogP contribution in [0.25, 0.3) is 18.8 Å². The van der Waals surface area contributed by atoms with Gasteiger partial charge >= 0.3 is 0 Å². The van der Waals surface area contributed by atoms with Crippen LogP contribution < -0.4 is 0 Å². The van der Waals surface area contributed by atoms with Crippen molar-refractivity contribution in [1.82, 2.24) is 0 Å². The minimum Gasteiger partial charge on any atom is -0.141 e. The molecule has 54 valence electrons. The van der Waals surface area contributed by atoms with Crippen molar-refractivity contribution in [2.24, 2.45) is 0 Å². The molecule has 0 aromatic carbocycles. The number of fused-ring (bicyclic) bond motifs is 3. The van der Waals surface area contributed by atoms with Crippen molar-refractivity contribution in [3.8, 4) is 0 Å². The van der Waals surface area contributed by atoms with Gasteiger partial charge in [-0.3, -0.25) is 0 Å². The van der Waals surface area contributed by atoms with Crippen LogP contribution in [0.4, 0.5) is 0 Å². The van der Waals surface area contributed by atoms with Crippen molar-refractivity contribution in [2.45, 2.75) is 0 Å². The summed E-state index contributed by atoms with van der Waals surface area (Å²) >= 11 is 5.20. The monoisotopic (exact) mass is 198 g/mol. The summed E-state index contributed by atoms with van der Waals surface area (Å²) in [5, 5.41) is 4.03. The predicted octanol–water partition coefficient (Wildman–Crippen LogP) is 4.18. The van der Waals surface area contributed by atoms with Gasteiger partial charge in [0.2, 0.25) is 0 Å². The van der Waals surface area contributed by atoms with Gasteiger partial charge in [-0.1, -0.05) is 0 Å². The summed E-state index contributed by atoms with van der Waals surface area (Å²) in [5.74, 6) is 0. The van der Waals surface area contributed by atoms with E-state index in [1.165, 1.54) is 14.1 Å². The zero-order chi connectivity index (χ0) is 8.13. The molecular weight excluding hydrogens is 192 g/mol. The average Bonchev–Trinajstić information content (AvgIpc) is 2.63. The van der Waals surface area contributed by atoms with Gasteiger partial charge in [0.25, 0.3) is 0 Å². The standard InChI is InChI=1S/C8H4S3/c1-3-9-7-5(1)11-6-2-4-10-8(6)7/h1-4H/i1T. The Kier molecular flexibility index (Phi) is 0.993. The van der Waals surface area contributed by atoms with E-state index < -0.39 is 0 Å². The molecule has 0 unspecified atom stereocenters. The lowest BCUT2D eigenvalue weighted by atomic mass is 10.5. The highest BCUT2D eigenvalue weighted by molar-refractivity contribution is 7.37. The zero-order valence-corrected chi connectivity index (χ0v) is 7.91. The summed E-state index contributed by atoms with van der Waals surface area (Å²) in [7, 11) is 0. The molecule has 11 heavy (non-hydrogen) atoms. The molecule has 0 bridgehead atoms. The third-order valence-corrected chi connectivity index (χ3v) is 4.91. The Balaban J connectivity index is 2.68. The molecule has 3 aromatic rings. The van der Waals surface area contributed by atoms with Crippen LogP contribution in [0.1, 0.15) is 1.37 Å². The van der Waals surface area contributed by atoms with Crippen LogP contribution in [-0.2, 0) is 0 Å². The van der Waals surface area contributed by atoms with E-state index in [9.17, 15) is 0 Å². The van der Waals surface area contributed by atoms with Crippen LogP contribution in [0, 0.1) is 0 Å². The van der Waals surface area contributed by atoms with Crippen molar-refractivity contribution in [3.63, 3.8) is 0 Å². The quantitative estimate of drug-likeness (QED) is 0.508. The summed E-state index contributed by atoms with van der Waals surface area (Å²) < 4.78 is 12.8. The molecule has 0 aliphatic carbocycles. The second-order valence-corrected chi connectivity index (χ2v) is 5.10. The maximum absolute atomic E-state index is 7.64. The Bertz CT molecular complexity index is 543. The molecular formula is C8H4S3. The van der Waals surface area contributed by atoms with Crippen LogP contribution in [-0.4, -0.2) is 0 Å². The van der Waals surface area contributed by atoms with Crippen LogP contribution in [0.15, 0.2) is 22.9 Å². The molecule has 0 nitrogen and oxygen atoms in total. The number of hydrogen-bond acceptors (Lipinski definition) is 3. The molecule has 0 radical (unpaired) electrons. The smallest absolute Gasteiger partial charge is 0.0647 e. The third kappa shape index (κ3) is 0.732. The normalized spacial score (nSPS) is 12.9. The lowest BCUT2D eigenvalue weighted by Crippen LogP contribution is -1.39. The van der Waals surface area contributed by atoms with Crippen molar-refractivity contribution in [1.29, 1.82) is 0 Å². The Labute approximate surface area is 77.1 Å². The zero-order valence-electron chi connectivity index (χ0n) is 6.46. The second-order valence-electron chi connectivity index (χ2n) is 2.25. The summed E-state index contributed by atoms with van der Waals surface area (Å²) in [6.45, 7) is 0. The van der Waals surface area contributed by atoms with E-state index in [0.29, 0.717) is 6.04 Å². The van der Waals surface area contributed by atoms with E-state index >= 15 is 0 Å². The predicted molar refractivity (Wildman–Crippen MR) is 55.1 cm³/mol. The minimum absolute atomic E-state index is 0.684. The first-order valence-electron chi connectivity index (χ1n) is 3.70. The minimum atomic E-state index is 0.684. The SMILES string of the molecule is [3H]c1csc2c1sc1ccsc12. The van der Waals surface area contributed by atoms with E-state index in [1.54, 1.807) is 34.0 Å². The van der Waals surface area contributed by atoms with Crippen LogP contribution in [0.3, 0.4) is 0 Å². The van der Waals surface area contributed by atoms with Crippen molar-refractivity contribution in [3.05, 3.63) is 22.9 Å². The van der Waals surface area contributed by atoms with Gasteiger partial charge in [-0.15, -0.1) is 34.0 Å². The number of rotatable bonds is 0. The lowest BCUT2D eigenvalue weighted by Gasteiger charge is -1.71. The maximum atomic E-state index is 7.64. The summed E-state index contributed by atoms with van der Waals surface area (Å²) in [5.41, 5.74) is 0. The van der Waals surface area contributed by atoms with E-state index in [1.807, 2.05) is 5.38 Å². The average molecular weight is 198 g/mol. The molecule has 0 spiro atoms. The van der Waals surface area contributed by atoms with Gasteiger partial charge in [-0.25, -0.2) is 0 Å². The Morgan fingerprint density at radius 3 is 2.91 bits per heavy atom. The topological polar surface area (TPSA) is 0 Å². The largest absolute Gasteiger partial charge is 0.141 e. The Morgan fingerprint density at radius 2 is 1.91 bits per heavy atom. The highest BCUT2D eigenvalue weighted by atomic mass is 32.1.